The number of ether oxygens (including phenoxy) is 2. The number of benzene rings is 1. The minimum Gasteiger partial charge on any atom is -0.496 e. The fourth-order valence-electron chi connectivity index (χ4n) is 3.74. The Labute approximate surface area is 165 Å². The standard InChI is InChI=1S/C22H26N4O2/c1-15-11-17(16(2)20(12-15)27-3)22-18(19-7-6-9-23-14-24-19)13-26(25-22)21-8-4-5-10-28-21/h7,9,11-14,21H,4-6,8,10H2,1-3H3. The quantitative estimate of drug-likeness (QED) is 0.773. The minimum atomic E-state index is -0.0279. The monoisotopic (exact) mass is 378 g/mol. The van der Waals surface area contributed by atoms with Crippen LogP contribution in [0.2, 0.25) is 0 Å². The molecule has 146 valence electrons. The molecule has 1 aromatic heterocycles. The molecule has 0 amide bonds. The average Bonchev–Trinajstić information content (AvgIpc) is 2.98. The van der Waals surface area contributed by atoms with E-state index in [1.165, 1.54) is 0 Å². The van der Waals surface area contributed by atoms with Gasteiger partial charge in [0.2, 0.25) is 0 Å². The first kappa shape index (κ1) is 18.6. The summed E-state index contributed by atoms with van der Waals surface area (Å²) < 4.78 is 13.5. The summed E-state index contributed by atoms with van der Waals surface area (Å²) in [5, 5.41) is 4.97. The first-order valence-corrected chi connectivity index (χ1v) is 9.78. The number of nitrogens with zero attached hydrogens (tertiary/aromatic N) is 4. The molecule has 3 heterocycles. The highest BCUT2D eigenvalue weighted by Gasteiger charge is 2.23. The fraction of sp³-hybridized carbons (Fsp3) is 0.409. The molecule has 4 rings (SSSR count). The van der Waals surface area contributed by atoms with Gasteiger partial charge in [0.1, 0.15) is 24.0 Å². The highest BCUT2D eigenvalue weighted by Crippen LogP contribution is 2.37. The van der Waals surface area contributed by atoms with Gasteiger partial charge in [-0.25, -0.2) is 14.7 Å². The number of aliphatic imine (C=N–C) groups is 2. The van der Waals surface area contributed by atoms with Crippen molar-refractivity contribution in [2.75, 3.05) is 13.7 Å². The molecule has 0 spiro atoms. The maximum atomic E-state index is 5.97. The number of methoxy groups -OCH3 is 1. The van der Waals surface area contributed by atoms with Crippen molar-refractivity contribution in [1.29, 1.82) is 0 Å². The largest absolute Gasteiger partial charge is 0.496 e. The summed E-state index contributed by atoms with van der Waals surface area (Å²) in [7, 11) is 1.70. The van der Waals surface area contributed by atoms with E-state index in [2.05, 4.69) is 48.2 Å². The van der Waals surface area contributed by atoms with Gasteiger partial charge in [0.05, 0.1) is 12.8 Å². The highest BCUT2D eigenvalue weighted by atomic mass is 16.5. The molecule has 2 aromatic rings. The second kappa shape index (κ2) is 8.10. The van der Waals surface area contributed by atoms with Gasteiger partial charge >= 0.3 is 0 Å². The Hall–Kier alpha value is -2.73. The van der Waals surface area contributed by atoms with Gasteiger partial charge in [0.15, 0.2) is 0 Å². The zero-order valence-electron chi connectivity index (χ0n) is 16.7. The van der Waals surface area contributed by atoms with E-state index in [0.29, 0.717) is 0 Å². The van der Waals surface area contributed by atoms with Crippen molar-refractivity contribution in [2.24, 2.45) is 9.98 Å². The van der Waals surface area contributed by atoms with E-state index < -0.39 is 0 Å². The van der Waals surface area contributed by atoms with E-state index in [9.17, 15) is 0 Å². The molecule has 1 aromatic carbocycles. The lowest BCUT2D eigenvalue weighted by Gasteiger charge is -2.22. The molecule has 2 aliphatic rings. The molecule has 0 radical (unpaired) electrons. The van der Waals surface area contributed by atoms with Crippen LogP contribution in [-0.4, -0.2) is 36.1 Å². The van der Waals surface area contributed by atoms with Crippen molar-refractivity contribution in [2.45, 2.75) is 45.8 Å². The third kappa shape index (κ3) is 3.64. The highest BCUT2D eigenvalue weighted by molar-refractivity contribution is 5.87. The van der Waals surface area contributed by atoms with Crippen LogP contribution in [0.3, 0.4) is 0 Å². The van der Waals surface area contributed by atoms with Gasteiger partial charge in [0.25, 0.3) is 0 Å². The number of aromatic nitrogens is 2. The second-order valence-electron chi connectivity index (χ2n) is 7.23. The summed E-state index contributed by atoms with van der Waals surface area (Å²) in [5.41, 5.74) is 6.04. The maximum absolute atomic E-state index is 5.97. The van der Waals surface area contributed by atoms with Crippen LogP contribution in [-0.2, 0) is 4.74 Å². The number of rotatable bonds is 4. The van der Waals surface area contributed by atoms with Crippen LogP contribution in [0.1, 0.15) is 48.6 Å². The molecule has 0 N–H and O–H groups in total. The first-order valence-electron chi connectivity index (χ1n) is 9.78. The van der Waals surface area contributed by atoms with Crippen molar-refractivity contribution in [3.05, 3.63) is 41.1 Å². The van der Waals surface area contributed by atoms with Crippen LogP contribution in [0, 0.1) is 13.8 Å². The molecule has 1 fully saturated rings. The van der Waals surface area contributed by atoms with Crippen molar-refractivity contribution in [3.63, 3.8) is 0 Å². The normalized spacial score (nSPS) is 19.4. The third-order valence-electron chi connectivity index (χ3n) is 5.22. The fourth-order valence-corrected chi connectivity index (χ4v) is 3.74. The summed E-state index contributed by atoms with van der Waals surface area (Å²) in [5.74, 6) is 0.867. The average molecular weight is 378 g/mol. The Balaban J connectivity index is 1.86. The molecule has 6 heteroatoms. The topological polar surface area (TPSA) is 61.0 Å². The zero-order chi connectivity index (χ0) is 19.5. The van der Waals surface area contributed by atoms with Crippen LogP contribution in [0.4, 0.5) is 0 Å². The summed E-state index contributed by atoms with van der Waals surface area (Å²) in [4.78, 5) is 8.71. The van der Waals surface area contributed by atoms with E-state index in [-0.39, 0.29) is 6.23 Å². The Morgan fingerprint density at radius 2 is 2.07 bits per heavy atom. The smallest absolute Gasteiger partial charge is 0.150 e. The molecule has 0 saturated carbocycles. The summed E-state index contributed by atoms with van der Waals surface area (Å²) in [6, 6.07) is 4.21. The minimum absolute atomic E-state index is 0.0279. The van der Waals surface area contributed by atoms with Gasteiger partial charge in [-0.05, 0) is 50.8 Å². The first-order chi connectivity index (χ1) is 13.7. The molecule has 1 unspecified atom stereocenters. The molecular formula is C22H26N4O2. The lowest BCUT2D eigenvalue weighted by molar-refractivity contribution is -0.0393. The molecule has 1 saturated heterocycles. The lowest BCUT2D eigenvalue weighted by Crippen LogP contribution is -2.18. The van der Waals surface area contributed by atoms with E-state index in [4.69, 9.17) is 14.6 Å². The van der Waals surface area contributed by atoms with Gasteiger partial charge < -0.3 is 9.47 Å². The Morgan fingerprint density at radius 3 is 2.86 bits per heavy atom. The van der Waals surface area contributed by atoms with Gasteiger partial charge in [-0.15, -0.1) is 0 Å². The number of hydrogen-bond donors (Lipinski definition) is 0. The lowest BCUT2D eigenvalue weighted by atomic mass is 9.98. The predicted octanol–water partition coefficient (Wildman–Crippen LogP) is 4.72. The SMILES string of the molecule is COc1cc(C)cc(-c2nn(C3CCCCO3)cc2C2=CCC=NC=N2)c1C. The molecule has 28 heavy (non-hydrogen) atoms. The summed E-state index contributed by atoms with van der Waals surface area (Å²) in [6.07, 6.45) is 11.6. The Kier molecular flexibility index (Phi) is 5.39. The van der Waals surface area contributed by atoms with E-state index in [1.807, 2.05) is 10.9 Å². The van der Waals surface area contributed by atoms with Crippen LogP contribution in [0.15, 0.2) is 34.4 Å². The Morgan fingerprint density at radius 1 is 1.18 bits per heavy atom. The third-order valence-corrected chi connectivity index (χ3v) is 5.22. The van der Waals surface area contributed by atoms with Gasteiger partial charge in [-0.1, -0.05) is 6.08 Å². The summed E-state index contributed by atoms with van der Waals surface area (Å²) >= 11 is 0. The van der Waals surface area contributed by atoms with Crippen molar-refractivity contribution >= 4 is 18.3 Å². The van der Waals surface area contributed by atoms with Crippen LogP contribution in [0.25, 0.3) is 17.0 Å². The van der Waals surface area contributed by atoms with E-state index >= 15 is 0 Å². The summed E-state index contributed by atoms with van der Waals surface area (Å²) in [6.45, 7) is 4.92. The number of hydrogen-bond acceptors (Lipinski definition) is 5. The van der Waals surface area contributed by atoms with Crippen LogP contribution in [0.5, 0.6) is 5.75 Å². The predicted molar refractivity (Wildman–Crippen MR) is 112 cm³/mol. The molecule has 0 aliphatic carbocycles. The Bertz CT molecular complexity index is 950. The van der Waals surface area contributed by atoms with E-state index in [0.717, 1.165) is 71.7 Å². The van der Waals surface area contributed by atoms with Crippen molar-refractivity contribution in [1.82, 2.24) is 9.78 Å². The second-order valence-corrected chi connectivity index (χ2v) is 7.23. The van der Waals surface area contributed by atoms with Gasteiger partial charge in [-0.2, -0.15) is 5.10 Å². The molecule has 2 aliphatic heterocycles. The maximum Gasteiger partial charge on any atom is 0.150 e. The van der Waals surface area contributed by atoms with Gasteiger partial charge in [-0.3, -0.25) is 0 Å². The zero-order valence-corrected chi connectivity index (χ0v) is 16.7. The molecular weight excluding hydrogens is 352 g/mol. The van der Waals surface area contributed by atoms with Gasteiger partial charge in [0, 0.05) is 42.1 Å². The number of aryl methyl sites for hydroxylation is 1. The van der Waals surface area contributed by atoms with Crippen molar-refractivity contribution in [3.8, 4) is 17.0 Å². The van der Waals surface area contributed by atoms with Crippen LogP contribution >= 0.6 is 0 Å². The number of allylic oxidation sites excluding steroid dienone is 1. The van der Waals surface area contributed by atoms with E-state index in [1.54, 1.807) is 13.4 Å². The molecule has 6 nitrogen and oxygen atoms in total. The van der Waals surface area contributed by atoms with Crippen molar-refractivity contribution < 1.29 is 9.47 Å². The molecule has 0 bridgehead atoms. The molecule has 1 atom stereocenters. The van der Waals surface area contributed by atoms with Crippen LogP contribution < -0.4 is 4.74 Å².